The third kappa shape index (κ3) is 3.81. The van der Waals surface area contributed by atoms with Gasteiger partial charge < -0.3 is 14.6 Å². The van der Waals surface area contributed by atoms with Crippen molar-refractivity contribution in [3.63, 3.8) is 0 Å². The van der Waals surface area contributed by atoms with Crippen LogP contribution in [-0.4, -0.2) is 29.9 Å². The van der Waals surface area contributed by atoms with Gasteiger partial charge in [-0.3, -0.25) is 0 Å². The van der Waals surface area contributed by atoms with E-state index in [-0.39, 0.29) is 11.7 Å². The van der Waals surface area contributed by atoms with Crippen molar-refractivity contribution in [2.45, 2.75) is 38.2 Å². The maximum absolute atomic E-state index is 12.0. The minimum atomic E-state index is -0.685. The predicted molar refractivity (Wildman–Crippen MR) is 71.2 cm³/mol. The number of hydrogen-bond acceptors (Lipinski definition) is 5. The van der Waals surface area contributed by atoms with Crippen molar-refractivity contribution in [1.82, 2.24) is 0 Å². The first-order chi connectivity index (χ1) is 9.70. The Bertz CT molecular complexity index is 477. The highest BCUT2D eigenvalue weighted by atomic mass is 16.6. The summed E-state index contributed by atoms with van der Waals surface area (Å²) in [7, 11) is 0. The summed E-state index contributed by atoms with van der Waals surface area (Å²) in [6, 6.07) is 6.13. The molecule has 0 atom stereocenters. The molecule has 1 aliphatic carbocycles. The number of hydrogen-bond donors (Lipinski definition) is 1. The summed E-state index contributed by atoms with van der Waals surface area (Å²) in [5.74, 6) is -1.09. The number of aliphatic hydroxyl groups is 1. The van der Waals surface area contributed by atoms with Gasteiger partial charge in [-0.2, -0.15) is 0 Å². The first-order valence-electron chi connectivity index (χ1n) is 6.79. The lowest BCUT2D eigenvalue weighted by atomic mass is 9.98. The Morgan fingerprint density at radius 3 is 2.40 bits per heavy atom. The molecule has 0 bridgehead atoms. The van der Waals surface area contributed by atoms with Gasteiger partial charge in [-0.1, -0.05) is 12.5 Å². The zero-order valence-corrected chi connectivity index (χ0v) is 11.2. The molecule has 0 heterocycles. The molecule has 5 nitrogen and oxygen atoms in total. The van der Waals surface area contributed by atoms with E-state index in [4.69, 9.17) is 9.84 Å². The maximum atomic E-state index is 12.0. The molecule has 0 unspecified atom stereocenters. The Labute approximate surface area is 117 Å². The lowest BCUT2D eigenvalue weighted by Gasteiger charge is -2.21. The second kappa shape index (κ2) is 7.05. The summed E-state index contributed by atoms with van der Waals surface area (Å²) >= 11 is 0. The van der Waals surface area contributed by atoms with Gasteiger partial charge in [0.1, 0.15) is 6.10 Å². The highest BCUT2D eigenvalue weighted by Crippen LogP contribution is 2.21. The number of ether oxygens (including phenoxy) is 2. The van der Waals surface area contributed by atoms with Crippen molar-refractivity contribution in [2.75, 3.05) is 6.79 Å². The third-order valence-corrected chi connectivity index (χ3v) is 3.36. The lowest BCUT2D eigenvalue weighted by Crippen LogP contribution is -2.21. The Kier molecular flexibility index (Phi) is 5.12. The van der Waals surface area contributed by atoms with Gasteiger partial charge >= 0.3 is 11.9 Å². The van der Waals surface area contributed by atoms with E-state index < -0.39 is 18.7 Å². The summed E-state index contributed by atoms with van der Waals surface area (Å²) in [5.41, 5.74) is 0.542. The lowest BCUT2D eigenvalue weighted by molar-refractivity contribution is 0.00683. The first kappa shape index (κ1) is 14.5. The van der Waals surface area contributed by atoms with Crippen LogP contribution in [-0.2, 0) is 9.47 Å². The van der Waals surface area contributed by atoms with E-state index in [2.05, 4.69) is 4.74 Å². The number of rotatable bonds is 4. The topological polar surface area (TPSA) is 72.8 Å². The number of aliphatic hydroxyl groups excluding tert-OH is 1. The van der Waals surface area contributed by atoms with Crippen molar-refractivity contribution in [1.29, 1.82) is 0 Å². The van der Waals surface area contributed by atoms with Crippen LogP contribution in [0.2, 0.25) is 0 Å². The standard InChI is InChI=1S/C15H18O5/c16-10-19-14(17)11-5-4-6-12(9-11)15(18)20-13-7-2-1-3-8-13/h4-6,9,13,16H,1-3,7-8,10H2. The van der Waals surface area contributed by atoms with Crippen molar-refractivity contribution in [3.05, 3.63) is 35.4 Å². The van der Waals surface area contributed by atoms with E-state index in [0.717, 1.165) is 25.7 Å². The zero-order valence-electron chi connectivity index (χ0n) is 11.2. The van der Waals surface area contributed by atoms with Crippen LogP contribution < -0.4 is 0 Å². The van der Waals surface area contributed by atoms with Crippen molar-refractivity contribution in [3.8, 4) is 0 Å². The van der Waals surface area contributed by atoms with E-state index >= 15 is 0 Å². The number of esters is 2. The molecule has 20 heavy (non-hydrogen) atoms. The molecular weight excluding hydrogens is 260 g/mol. The summed E-state index contributed by atoms with van der Waals surface area (Å²) in [5, 5.41) is 8.56. The monoisotopic (exact) mass is 278 g/mol. The smallest absolute Gasteiger partial charge is 0.340 e. The quantitative estimate of drug-likeness (QED) is 0.675. The predicted octanol–water partition coefficient (Wildman–Crippen LogP) is 2.28. The minimum Gasteiger partial charge on any atom is -0.459 e. The van der Waals surface area contributed by atoms with Crippen molar-refractivity contribution < 1.29 is 24.2 Å². The van der Waals surface area contributed by atoms with Gasteiger partial charge in [-0.15, -0.1) is 0 Å². The molecule has 0 radical (unpaired) electrons. The summed E-state index contributed by atoms with van der Waals surface area (Å²) in [4.78, 5) is 23.5. The fraction of sp³-hybridized carbons (Fsp3) is 0.467. The molecule has 0 aliphatic heterocycles. The molecule has 1 saturated carbocycles. The summed E-state index contributed by atoms with van der Waals surface area (Å²) in [6.07, 6.45) is 5.14. The van der Waals surface area contributed by atoms with E-state index in [0.29, 0.717) is 5.56 Å². The minimum absolute atomic E-state index is 0.0238. The van der Waals surface area contributed by atoms with Crippen molar-refractivity contribution >= 4 is 11.9 Å². The number of carbonyl (C=O) groups is 2. The SMILES string of the molecule is O=C(OCO)c1cccc(C(=O)OC2CCCCC2)c1. The molecule has 0 aromatic heterocycles. The molecule has 1 fully saturated rings. The summed E-state index contributed by atoms with van der Waals surface area (Å²) in [6.45, 7) is -0.685. The molecule has 0 saturated heterocycles. The van der Waals surface area contributed by atoms with Gasteiger partial charge in [0.25, 0.3) is 0 Å². The van der Waals surface area contributed by atoms with E-state index in [1.807, 2.05) is 0 Å². The van der Waals surface area contributed by atoms with Crippen LogP contribution in [0.4, 0.5) is 0 Å². The van der Waals surface area contributed by atoms with Gasteiger partial charge in [0.15, 0.2) is 6.79 Å². The first-order valence-corrected chi connectivity index (χ1v) is 6.79. The molecule has 2 rings (SSSR count). The van der Waals surface area contributed by atoms with Crippen LogP contribution in [0.3, 0.4) is 0 Å². The largest absolute Gasteiger partial charge is 0.459 e. The van der Waals surface area contributed by atoms with E-state index in [1.165, 1.54) is 18.6 Å². The van der Waals surface area contributed by atoms with Crippen LogP contribution >= 0.6 is 0 Å². The van der Waals surface area contributed by atoms with Crippen LogP contribution in [0.15, 0.2) is 24.3 Å². The van der Waals surface area contributed by atoms with E-state index in [1.54, 1.807) is 12.1 Å². The molecule has 1 N–H and O–H groups in total. The zero-order chi connectivity index (χ0) is 14.4. The van der Waals surface area contributed by atoms with Gasteiger partial charge in [0.05, 0.1) is 11.1 Å². The Morgan fingerprint density at radius 2 is 1.75 bits per heavy atom. The van der Waals surface area contributed by atoms with E-state index in [9.17, 15) is 9.59 Å². The second-order valence-electron chi connectivity index (χ2n) is 4.81. The second-order valence-corrected chi connectivity index (χ2v) is 4.81. The van der Waals surface area contributed by atoms with Crippen LogP contribution in [0.1, 0.15) is 52.8 Å². The Morgan fingerprint density at radius 1 is 1.10 bits per heavy atom. The van der Waals surface area contributed by atoms with Gasteiger partial charge in [-0.05, 0) is 43.9 Å². The third-order valence-electron chi connectivity index (χ3n) is 3.36. The average molecular weight is 278 g/mol. The highest BCUT2D eigenvalue weighted by molar-refractivity contribution is 5.95. The average Bonchev–Trinajstić information content (AvgIpc) is 2.48. The normalized spacial score (nSPS) is 15.7. The Hall–Kier alpha value is -1.88. The van der Waals surface area contributed by atoms with Gasteiger partial charge in [0, 0.05) is 0 Å². The number of benzene rings is 1. The fourth-order valence-electron chi connectivity index (χ4n) is 2.32. The van der Waals surface area contributed by atoms with Crippen LogP contribution in [0.25, 0.3) is 0 Å². The molecule has 108 valence electrons. The van der Waals surface area contributed by atoms with Crippen molar-refractivity contribution in [2.24, 2.45) is 0 Å². The maximum Gasteiger partial charge on any atom is 0.340 e. The van der Waals surface area contributed by atoms with Gasteiger partial charge in [0.2, 0.25) is 0 Å². The molecule has 5 heteroatoms. The molecule has 0 spiro atoms. The summed E-state index contributed by atoms with van der Waals surface area (Å²) < 4.78 is 9.91. The number of carbonyl (C=O) groups excluding carboxylic acids is 2. The van der Waals surface area contributed by atoms with Crippen LogP contribution in [0, 0.1) is 0 Å². The molecule has 0 amide bonds. The van der Waals surface area contributed by atoms with Crippen LogP contribution in [0.5, 0.6) is 0 Å². The highest BCUT2D eigenvalue weighted by Gasteiger charge is 2.19. The molecular formula is C15H18O5. The molecule has 1 aliphatic rings. The molecule has 1 aromatic carbocycles. The fourth-order valence-corrected chi connectivity index (χ4v) is 2.32. The molecule has 1 aromatic rings. The van der Waals surface area contributed by atoms with Gasteiger partial charge in [-0.25, -0.2) is 9.59 Å². The Balaban J connectivity index is 2.02.